The Balaban J connectivity index is 1.58. The minimum atomic E-state index is -3.71. The summed E-state index contributed by atoms with van der Waals surface area (Å²) in [6.07, 6.45) is 6.19. The van der Waals surface area contributed by atoms with Crippen molar-refractivity contribution in [3.05, 3.63) is 28.3 Å². The van der Waals surface area contributed by atoms with Gasteiger partial charge in [-0.05, 0) is 50.7 Å². The van der Waals surface area contributed by atoms with Crippen molar-refractivity contribution in [1.29, 1.82) is 0 Å². The number of ether oxygens (including phenoxy) is 2. The number of nitro benzene ring substituents is 1. The van der Waals surface area contributed by atoms with E-state index >= 15 is 0 Å². The number of hydrogen-bond acceptors (Lipinski definition) is 7. The highest BCUT2D eigenvalue weighted by atomic mass is 32.2. The van der Waals surface area contributed by atoms with E-state index in [2.05, 4.69) is 5.32 Å². The fraction of sp³-hybridized carbons (Fsp3) is 0.684. The van der Waals surface area contributed by atoms with Crippen molar-refractivity contribution in [2.24, 2.45) is 0 Å². The van der Waals surface area contributed by atoms with Gasteiger partial charge in [0.05, 0.1) is 16.4 Å². The summed E-state index contributed by atoms with van der Waals surface area (Å²) in [6, 6.07) is 4.06. The lowest BCUT2D eigenvalue weighted by molar-refractivity contribution is -0.384. The first-order chi connectivity index (χ1) is 14.0. The maximum atomic E-state index is 12.8. The van der Waals surface area contributed by atoms with E-state index in [9.17, 15) is 18.5 Å². The summed E-state index contributed by atoms with van der Waals surface area (Å²) in [4.78, 5) is 10.9. The Bertz CT molecular complexity index is 789. The molecule has 10 heteroatoms. The molecule has 162 valence electrons. The van der Waals surface area contributed by atoms with Gasteiger partial charge in [-0.2, -0.15) is 4.31 Å². The van der Waals surface area contributed by atoms with E-state index in [0.29, 0.717) is 38.3 Å². The Kier molecular flexibility index (Phi) is 7.82. The Morgan fingerprint density at radius 2 is 2.00 bits per heavy atom. The molecule has 1 aromatic rings. The van der Waals surface area contributed by atoms with Crippen LogP contribution in [0.3, 0.4) is 0 Å². The summed E-state index contributed by atoms with van der Waals surface area (Å²) in [7, 11) is -3.71. The van der Waals surface area contributed by atoms with Crippen LogP contribution in [-0.4, -0.2) is 56.8 Å². The Labute approximate surface area is 171 Å². The largest absolute Gasteiger partial charge is 0.379 e. The van der Waals surface area contributed by atoms with Gasteiger partial charge in [0.25, 0.3) is 5.69 Å². The molecule has 0 bridgehead atoms. The van der Waals surface area contributed by atoms with Crippen LogP contribution in [0.5, 0.6) is 0 Å². The predicted molar refractivity (Wildman–Crippen MR) is 108 cm³/mol. The molecular formula is C19H29N3O6S. The Morgan fingerprint density at radius 3 is 2.69 bits per heavy atom. The molecule has 2 saturated heterocycles. The lowest BCUT2D eigenvalue weighted by atomic mass is 10.2. The van der Waals surface area contributed by atoms with Crippen molar-refractivity contribution in [2.75, 3.05) is 38.2 Å². The van der Waals surface area contributed by atoms with E-state index in [1.165, 1.54) is 16.4 Å². The number of hydrogen-bond donors (Lipinski definition) is 1. The van der Waals surface area contributed by atoms with Gasteiger partial charge in [-0.15, -0.1) is 0 Å². The summed E-state index contributed by atoms with van der Waals surface area (Å²) in [5, 5.41) is 14.5. The van der Waals surface area contributed by atoms with Crippen molar-refractivity contribution in [3.63, 3.8) is 0 Å². The van der Waals surface area contributed by atoms with E-state index in [4.69, 9.17) is 9.47 Å². The number of sulfonamides is 1. The first kappa shape index (κ1) is 21.9. The standard InChI is InChI=1S/C19H29N3O6S/c23-22(24)18-15-16(29(25,26)21-11-3-1-4-12-21)8-9-17(18)20-10-6-14-28-19-7-2-5-13-27-19/h8-9,15,19-20H,1-7,10-14H2. The normalized spacial score (nSPS) is 21.0. The highest BCUT2D eigenvalue weighted by Gasteiger charge is 2.28. The number of nitrogens with zero attached hydrogens (tertiary/aromatic N) is 2. The minimum absolute atomic E-state index is 0.0329. The zero-order valence-corrected chi connectivity index (χ0v) is 17.4. The van der Waals surface area contributed by atoms with Gasteiger partial charge in [0.1, 0.15) is 5.69 Å². The van der Waals surface area contributed by atoms with Crippen molar-refractivity contribution in [1.82, 2.24) is 4.31 Å². The molecule has 2 heterocycles. The predicted octanol–water partition coefficient (Wildman–Crippen LogP) is 3.11. The fourth-order valence-electron chi connectivity index (χ4n) is 3.58. The molecule has 1 unspecified atom stereocenters. The van der Waals surface area contributed by atoms with Crippen molar-refractivity contribution < 1.29 is 22.8 Å². The molecule has 0 saturated carbocycles. The van der Waals surface area contributed by atoms with E-state index in [0.717, 1.165) is 51.2 Å². The molecule has 9 nitrogen and oxygen atoms in total. The second kappa shape index (κ2) is 10.3. The maximum absolute atomic E-state index is 12.8. The monoisotopic (exact) mass is 427 g/mol. The smallest absolute Gasteiger partial charge is 0.293 e. The molecule has 2 aliphatic heterocycles. The number of piperidine rings is 1. The topological polar surface area (TPSA) is 111 Å². The highest BCUT2D eigenvalue weighted by Crippen LogP contribution is 2.30. The molecule has 2 aliphatic rings. The van der Waals surface area contributed by atoms with Crippen molar-refractivity contribution >= 4 is 21.4 Å². The van der Waals surface area contributed by atoms with Gasteiger partial charge in [-0.25, -0.2) is 8.42 Å². The van der Waals surface area contributed by atoms with Gasteiger partial charge in [0, 0.05) is 32.3 Å². The first-order valence-electron chi connectivity index (χ1n) is 10.2. The summed E-state index contributed by atoms with van der Waals surface area (Å²) in [5.41, 5.74) is 0.0705. The third-order valence-corrected chi connectivity index (χ3v) is 7.09. The van der Waals surface area contributed by atoms with Crippen LogP contribution in [0.4, 0.5) is 11.4 Å². The van der Waals surface area contributed by atoms with Crippen molar-refractivity contribution in [3.8, 4) is 0 Å². The van der Waals surface area contributed by atoms with Crippen LogP contribution in [0, 0.1) is 10.1 Å². The third-order valence-electron chi connectivity index (χ3n) is 5.20. The molecule has 1 aromatic carbocycles. The summed E-state index contributed by atoms with van der Waals surface area (Å²) in [6.45, 7) is 2.61. The van der Waals surface area contributed by atoms with Gasteiger partial charge in [-0.3, -0.25) is 10.1 Å². The molecular weight excluding hydrogens is 398 g/mol. The number of rotatable bonds is 9. The molecule has 29 heavy (non-hydrogen) atoms. The van der Waals surface area contributed by atoms with Crippen LogP contribution in [0.1, 0.15) is 44.9 Å². The quantitative estimate of drug-likeness (QED) is 0.366. The van der Waals surface area contributed by atoms with Gasteiger partial charge in [0.15, 0.2) is 6.29 Å². The lowest BCUT2D eigenvalue weighted by Gasteiger charge is -2.25. The number of nitro groups is 1. The zero-order valence-electron chi connectivity index (χ0n) is 16.5. The second-order valence-electron chi connectivity index (χ2n) is 7.35. The Hall–Kier alpha value is -1.75. The summed E-state index contributed by atoms with van der Waals surface area (Å²) in [5.74, 6) is 0. The number of anilines is 1. The van der Waals surface area contributed by atoms with Crippen LogP contribution < -0.4 is 5.32 Å². The van der Waals surface area contributed by atoms with Gasteiger partial charge in [-0.1, -0.05) is 6.42 Å². The molecule has 0 amide bonds. The molecule has 0 radical (unpaired) electrons. The van der Waals surface area contributed by atoms with Crippen LogP contribution >= 0.6 is 0 Å². The average molecular weight is 428 g/mol. The van der Waals surface area contributed by atoms with Gasteiger partial charge < -0.3 is 14.8 Å². The molecule has 3 rings (SSSR count). The molecule has 0 spiro atoms. The summed E-state index contributed by atoms with van der Waals surface area (Å²) < 4.78 is 38.1. The zero-order chi connectivity index (χ0) is 20.7. The molecule has 2 fully saturated rings. The molecule has 1 atom stereocenters. The molecule has 1 N–H and O–H groups in total. The number of nitrogens with one attached hydrogen (secondary N) is 1. The minimum Gasteiger partial charge on any atom is -0.379 e. The second-order valence-corrected chi connectivity index (χ2v) is 9.29. The highest BCUT2D eigenvalue weighted by molar-refractivity contribution is 7.89. The van der Waals surface area contributed by atoms with E-state index in [-0.39, 0.29) is 16.9 Å². The van der Waals surface area contributed by atoms with E-state index in [1.807, 2.05) is 0 Å². The van der Waals surface area contributed by atoms with E-state index in [1.54, 1.807) is 0 Å². The summed E-state index contributed by atoms with van der Waals surface area (Å²) >= 11 is 0. The van der Waals surface area contributed by atoms with Crippen LogP contribution in [-0.2, 0) is 19.5 Å². The Morgan fingerprint density at radius 1 is 1.21 bits per heavy atom. The third kappa shape index (κ3) is 5.88. The van der Waals surface area contributed by atoms with Crippen LogP contribution in [0.15, 0.2) is 23.1 Å². The van der Waals surface area contributed by atoms with Crippen molar-refractivity contribution in [2.45, 2.75) is 56.1 Å². The average Bonchev–Trinajstić information content (AvgIpc) is 2.74. The molecule has 0 aromatic heterocycles. The van der Waals surface area contributed by atoms with Crippen LogP contribution in [0.25, 0.3) is 0 Å². The van der Waals surface area contributed by atoms with Gasteiger partial charge >= 0.3 is 0 Å². The lowest BCUT2D eigenvalue weighted by Crippen LogP contribution is -2.35. The molecule has 0 aliphatic carbocycles. The van der Waals surface area contributed by atoms with E-state index < -0.39 is 14.9 Å². The maximum Gasteiger partial charge on any atom is 0.293 e. The SMILES string of the molecule is O=[N+]([O-])c1cc(S(=O)(=O)N2CCCCC2)ccc1NCCCOC1CCCCO1. The number of benzene rings is 1. The first-order valence-corrected chi connectivity index (χ1v) is 11.7. The fourth-order valence-corrected chi connectivity index (χ4v) is 5.12. The van der Waals surface area contributed by atoms with Crippen LogP contribution in [0.2, 0.25) is 0 Å². The van der Waals surface area contributed by atoms with Gasteiger partial charge in [0.2, 0.25) is 10.0 Å².